The van der Waals surface area contributed by atoms with Crippen LogP contribution in [0.2, 0.25) is 0 Å². The molecule has 82 valence electrons. The Bertz CT molecular complexity index is 333. The SMILES string of the molecule is O=C(Nc1nccs1)C1(O)CCOCC1. The summed E-state index contributed by atoms with van der Waals surface area (Å²) in [6.07, 6.45) is 2.28. The molecule has 1 amide bonds. The third-order valence-corrected chi connectivity index (χ3v) is 3.08. The number of anilines is 1. The second kappa shape index (κ2) is 4.26. The normalized spacial score (nSPS) is 19.8. The van der Waals surface area contributed by atoms with Crippen LogP contribution >= 0.6 is 11.3 Å². The Kier molecular flexibility index (Phi) is 2.99. The van der Waals surface area contributed by atoms with Gasteiger partial charge < -0.3 is 9.84 Å². The summed E-state index contributed by atoms with van der Waals surface area (Å²) in [6, 6.07) is 0. The van der Waals surface area contributed by atoms with Crippen molar-refractivity contribution in [3.63, 3.8) is 0 Å². The number of nitrogens with one attached hydrogen (secondary N) is 1. The number of aromatic nitrogens is 1. The molecule has 0 radical (unpaired) electrons. The lowest BCUT2D eigenvalue weighted by atomic mass is 9.93. The van der Waals surface area contributed by atoms with Gasteiger partial charge in [0.25, 0.3) is 5.91 Å². The summed E-state index contributed by atoms with van der Waals surface area (Å²) in [6.45, 7) is 0.837. The molecule has 0 saturated carbocycles. The van der Waals surface area contributed by atoms with Crippen LogP contribution in [0.25, 0.3) is 0 Å². The zero-order chi connectivity index (χ0) is 10.7. The van der Waals surface area contributed by atoms with Gasteiger partial charge in [0.2, 0.25) is 0 Å². The van der Waals surface area contributed by atoms with E-state index in [-0.39, 0.29) is 5.91 Å². The van der Waals surface area contributed by atoms with Crippen LogP contribution in [0.1, 0.15) is 12.8 Å². The lowest BCUT2D eigenvalue weighted by molar-refractivity contribution is -0.143. The first kappa shape index (κ1) is 10.5. The largest absolute Gasteiger partial charge is 0.381 e. The van der Waals surface area contributed by atoms with Gasteiger partial charge in [-0.1, -0.05) is 0 Å². The molecule has 0 unspecified atom stereocenters. The fourth-order valence-electron chi connectivity index (χ4n) is 1.43. The van der Waals surface area contributed by atoms with Gasteiger partial charge in [-0.05, 0) is 0 Å². The van der Waals surface area contributed by atoms with Crippen LogP contribution < -0.4 is 5.32 Å². The molecule has 2 N–H and O–H groups in total. The van der Waals surface area contributed by atoms with Crippen LogP contribution in [0, 0.1) is 0 Å². The quantitative estimate of drug-likeness (QED) is 0.778. The van der Waals surface area contributed by atoms with E-state index in [9.17, 15) is 9.90 Å². The molecule has 1 aliphatic heterocycles. The van der Waals surface area contributed by atoms with Gasteiger partial charge in [0.1, 0.15) is 5.60 Å². The summed E-state index contributed by atoms with van der Waals surface area (Å²) in [4.78, 5) is 15.7. The third kappa shape index (κ3) is 2.34. The van der Waals surface area contributed by atoms with E-state index in [0.29, 0.717) is 31.2 Å². The maximum Gasteiger partial charge on any atom is 0.258 e. The maximum absolute atomic E-state index is 11.7. The predicted octanol–water partition coefficient (Wildman–Crippen LogP) is 0.623. The number of nitrogens with zero attached hydrogens (tertiary/aromatic N) is 1. The summed E-state index contributed by atoms with van der Waals surface area (Å²) in [5.74, 6) is -0.388. The van der Waals surface area contributed by atoms with Gasteiger partial charge in [0.15, 0.2) is 5.13 Å². The molecule has 6 heteroatoms. The lowest BCUT2D eigenvalue weighted by Gasteiger charge is -2.29. The van der Waals surface area contributed by atoms with E-state index in [0.717, 1.165) is 0 Å². The van der Waals surface area contributed by atoms with Crippen LogP contribution in [-0.2, 0) is 9.53 Å². The molecule has 15 heavy (non-hydrogen) atoms. The number of hydrogen-bond donors (Lipinski definition) is 2. The average Bonchev–Trinajstić information content (AvgIpc) is 2.71. The lowest BCUT2D eigenvalue weighted by Crippen LogP contribution is -2.47. The molecule has 0 spiro atoms. The Hall–Kier alpha value is -0.980. The number of carbonyl (C=O) groups excluding carboxylic acids is 1. The molecule has 1 saturated heterocycles. The van der Waals surface area contributed by atoms with Crippen molar-refractivity contribution in [1.82, 2.24) is 4.98 Å². The van der Waals surface area contributed by atoms with Gasteiger partial charge in [-0.25, -0.2) is 4.98 Å². The molecule has 1 aromatic rings. The molecule has 1 aliphatic rings. The minimum Gasteiger partial charge on any atom is -0.381 e. The van der Waals surface area contributed by atoms with E-state index < -0.39 is 5.60 Å². The van der Waals surface area contributed by atoms with Gasteiger partial charge in [0, 0.05) is 37.6 Å². The smallest absolute Gasteiger partial charge is 0.258 e. The monoisotopic (exact) mass is 228 g/mol. The molecule has 5 nitrogen and oxygen atoms in total. The standard InChI is InChI=1S/C9H12N2O3S/c12-7(11-8-10-3-6-15-8)9(13)1-4-14-5-2-9/h3,6,13H,1-2,4-5H2,(H,10,11,12). The highest BCUT2D eigenvalue weighted by Gasteiger charge is 2.37. The molecule has 2 rings (SSSR count). The molecule has 0 bridgehead atoms. The number of ether oxygens (including phenoxy) is 1. The van der Waals surface area contributed by atoms with Crippen molar-refractivity contribution < 1.29 is 14.6 Å². The Morgan fingerprint density at radius 3 is 2.93 bits per heavy atom. The van der Waals surface area contributed by atoms with Crippen molar-refractivity contribution in [2.45, 2.75) is 18.4 Å². The van der Waals surface area contributed by atoms with Gasteiger partial charge >= 0.3 is 0 Å². The van der Waals surface area contributed by atoms with Gasteiger partial charge in [0.05, 0.1) is 0 Å². The van der Waals surface area contributed by atoms with Crippen molar-refractivity contribution in [3.05, 3.63) is 11.6 Å². The fraction of sp³-hybridized carbons (Fsp3) is 0.556. The van der Waals surface area contributed by atoms with Crippen LogP contribution in [0.5, 0.6) is 0 Å². The molecular formula is C9H12N2O3S. The summed E-state index contributed by atoms with van der Waals surface area (Å²) in [5.41, 5.74) is -1.30. The van der Waals surface area contributed by atoms with Crippen LogP contribution in [-0.4, -0.2) is 34.8 Å². The van der Waals surface area contributed by atoms with Crippen molar-refractivity contribution in [3.8, 4) is 0 Å². The summed E-state index contributed by atoms with van der Waals surface area (Å²) in [7, 11) is 0. The van der Waals surface area contributed by atoms with E-state index >= 15 is 0 Å². The van der Waals surface area contributed by atoms with Crippen LogP contribution in [0.3, 0.4) is 0 Å². The highest BCUT2D eigenvalue weighted by molar-refractivity contribution is 7.13. The molecule has 2 heterocycles. The summed E-state index contributed by atoms with van der Waals surface area (Å²) in [5, 5.41) is 14.9. The second-order valence-electron chi connectivity index (χ2n) is 3.44. The van der Waals surface area contributed by atoms with E-state index in [1.807, 2.05) is 0 Å². The van der Waals surface area contributed by atoms with Crippen molar-refractivity contribution >= 4 is 22.4 Å². The Morgan fingerprint density at radius 2 is 2.33 bits per heavy atom. The molecule has 0 atom stereocenters. The Balaban J connectivity index is 2.00. The van der Waals surface area contributed by atoms with Gasteiger partial charge in [-0.3, -0.25) is 10.1 Å². The zero-order valence-electron chi connectivity index (χ0n) is 8.10. The van der Waals surface area contributed by atoms with Crippen LogP contribution in [0.4, 0.5) is 5.13 Å². The molecule has 0 aliphatic carbocycles. The highest BCUT2D eigenvalue weighted by Crippen LogP contribution is 2.23. The number of carbonyl (C=O) groups is 1. The minimum atomic E-state index is -1.30. The number of thiazole rings is 1. The number of aliphatic hydroxyl groups is 1. The van der Waals surface area contributed by atoms with Crippen LogP contribution in [0.15, 0.2) is 11.6 Å². The van der Waals surface area contributed by atoms with Crippen molar-refractivity contribution in [1.29, 1.82) is 0 Å². The minimum absolute atomic E-state index is 0.338. The first-order chi connectivity index (χ1) is 7.21. The van der Waals surface area contributed by atoms with E-state index in [2.05, 4.69) is 10.3 Å². The third-order valence-electron chi connectivity index (χ3n) is 2.40. The Morgan fingerprint density at radius 1 is 1.60 bits per heavy atom. The van der Waals surface area contributed by atoms with E-state index in [4.69, 9.17) is 4.74 Å². The number of amides is 1. The first-order valence-electron chi connectivity index (χ1n) is 4.72. The first-order valence-corrected chi connectivity index (χ1v) is 5.60. The fourth-order valence-corrected chi connectivity index (χ4v) is 1.96. The highest BCUT2D eigenvalue weighted by atomic mass is 32.1. The van der Waals surface area contributed by atoms with E-state index in [1.165, 1.54) is 11.3 Å². The average molecular weight is 228 g/mol. The Labute approximate surface area is 91.1 Å². The van der Waals surface area contributed by atoms with E-state index in [1.54, 1.807) is 11.6 Å². The molecule has 1 aromatic heterocycles. The maximum atomic E-state index is 11.7. The summed E-state index contributed by atoms with van der Waals surface area (Å²) < 4.78 is 5.10. The second-order valence-corrected chi connectivity index (χ2v) is 4.33. The van der Waals surface area contributed by atoms with Gasteiger partial charge in [-0.15, -0.1) is 11.3 Å². The van der Waals surface area contributed by atoms with Crippen molar-refractivity contribution in [2.24, 2.45) is 0 Å². The van der Waals surface area contributed by atoms with Crippen molar-refractivity contribution in [2.75, 3.05) is 18.5 Å². The number of hydrogen-bond acceptors (Lipinski definition) is 5. The molecule has 0 aromatic carbocycles. The number of rotatable bonds is 2. The predicted molar refractivity (Wildman–Crippen MR) is 55.7 cm³/mol. The zero-order valence-corrected chi connectivity index (χ0v) is 8.92. The molecule has 1 fully saturated rings. The molecular weight excluding hydrogens is 216 g/mol. The van der Waals surface area contributed by atoms with Gasteiger partial charge in [-0.2, -0.15) is 0 Å². The summed E-state index contributed by atoms with van der Waals surface area (Å²) >= 11 is 1.33. The topological polar surface area (TPSA) is 71.5 Å².